The minimum atomic E-state index is -3.07. The van der Waals surface area contributed by atoms with E-state index in [9.17, 15) is 8.42 Å². The molecule has 1 saturated heterocycles. The molecule has 1 N–H and O–H groups in total. The molecule has 1 aliphatic rings. The zero-order valence-electron chi connectivity index (χ0n) is 11.2. The molecule has 1 fully saturated rings. The molecule has 6 heteroatoms. The molecule has 0 aromatic rings. The summed E-state index contributed by atoms with van der Waals surface area (Å²) in [6, 6.07) is 0.0454. The summed E-state index contributed by atoms with van der Waals surface area (Å²) in [5.74, 6) is -0.537. The predicted molar refractivity (Wildman–Crippen MR) is 66.7 cm³/mol. The van der Waals surface area contributed by atoms with Gasteiger partial charge in [-0.3, -0.25) is 0 Å². The summed E-state index contributed by atoms with van der Waals surface area (Å²) in [6.07, 6.45) is 1.26. The maximum Gasteiger partial charge on any atom is 0.162 e. The third-order valence-electron chi connectivity index (χ3n) is 3.08. The van der Waals surface area contributed by atoms with Gasteiger partial charge in [-0.05, 0) is 27.7 Å². The van der Waals surface area contributed by atoms with Crippen LogP contribution >= 0.6 is 0 Å². The summed E-state index contributed by atoms with van der Waals surface area (Å²) < 4.78 is 33.3. The Kier molecular flexibility index (Phi) is 4.24. The van der Waals surface area contributed by atoms with Crippen LogP contribution in [0.15, 0.2) is 0 Å². The second-order valence-corrected chi connectivity index (χ2v) is 8.28. The average molecular weight is 265 g/mol. The first-order valence-electron chi connectivity index (χ1n) is 5.74. The molecule has 0 unspecified atom stereocenters. The molecule has 1 heterocycles. The summed E-state index contributed by atoms with van der Waals surface area (Å²) >= 11 is 0. The van der Waals surface area contributed by atoms with Gasteiger partial charge in [-0.15, -0.1) is 0 Å². The van der Waals surface area contributed by atoms with Gasteiger partial charge in [0, 0.05) is 12.8 Å². The van der Waals surface area contributed by atoms with Gasteiger partial charge in [0.15, 0.2) is 15.6 Å². The average Bonchev–Trinajstić information content (AvgIpc) is 2.14. The normalized spacial score (nSPS) is 22.6. The van der Waals surface area contributed by atoms with Crippen LogP contribution in [0, 0.1) is 0 Å². The van der Waals surface area contributed by atoms with Crippen LogP contribution < -0.4 is 5.32 Å². The number of nitrogens with one attached hydrogen (secondary N) is 1. The van der Waals surface area contributed by atoms with E-state index in [1.54, 1.807) is 13.8 Å². The Morgan fingerprint density at radius 2 is 1.76 bits per heavy atom. The third kappa shape index (κ3) is 4.21. The largest absolute Gasteiger partial charge is 0.349 e. The molecular formula is C11H23NO4S. The number of sulfone groups is 1. The van der Waals surface area contributed by atoms with Crippen LogP contribution in [-0.2, 0) is 19.3 Å². The highest BCUT2D eigenvalue weighted by atomic mass is 32.2. The van der Waals surface area contributed by atoms with Crippen molar-refractivity contribution < 1.29 is 17.9 Å². The molecular weight excluding hydrogens is 242 g/mol. The lowest BCUT2D eigenvalue weighted by Gasteiger charge is -2.36. The number of ether oxygens (including phenoxy) is 2. The maximum atomic E-state index is 11.5. The minimum Gasteiger partial charge on any atom is -0.349 e. The van der Waals surface area contributed by atoms with Crippen LogP contribution in [-0.4, -0.2) is 51.0 Å². The van der Waals surface area contributed by atoms with Crippen molar-refractivity contribution in [2.75, 3.05) is 26.0 Å². The van der Waals surface area contributed by atoms with Gasteiger partial charge in [0.2, 0.25) is 0 Å². The van der Waals surface area contributed by atoms with Crippen molar-refractivity contribution in [2.45, 2.75) is 44.3 Å². The molecule has 1 aliphatic heterocycles. The topological polar surface area (TPSA) is 64.6 Å². The number of rotatable bonds is 4. The van der Waals surface area contributed by atoms with Gasteiger partial charge in [-0.2, -0.15) is 0 Å². The maximum absolute atomic E-state index is 11.5. The lowest BCUT2D eigenvalue weighted by molar-refractivity contribution is -0.252. The van der Waals surface area contributed by atoms with Gasteiger partial charge < -0.3 is 14.8 Å². The molecule has 102 valence electrons. The summed E-state index contributed by atoms with van der Waals surface area (Å²) in [5.41, 5.74) is 0. The van der Waals surface area contributed by atoms with Crippen molar-refractivity contribution in [2.24, 2.45) is 0 Å². The molecule has 0 amide bonds. The second-order valence-electron chi connectivity index (χ2n) is 5.63. The zero-order valence-corrected chi connectivity index (χ0v) is 12.1. The minimum absolute atomic E-state index is 0.0454. The van der Waals surface area contributed by atoms with Gasteiger partial charge in [0.05, 0.1) is 24.0 Å². The first-order valence-corrected chi connectivity index (χ1v) is 7.63. The van der Waals surface area contributed by atoms with E-state index in [0.717, 1.165) is 0 Å². The zero-order chi connectivity index (χ0) is 13.3. The Morgan fingerprint density at radius 3 is 2.18 bits per heavy atom. The molecule has 0 aliphatic carbocycles. The quantitative estimate of drug-likeness (QED) is 0.804. The van der Waals surface area contributed by atoms with Gasteiger partial charge in [-0.25, -0.2) is 8.42 Å². The van der Waals surface area contributed by atoms with E-state index in [1.807, 2.05) is 13.8 Å². The molecule has 5 nitrogen and oxygen atoms in total. The van der Waals surface area contributed by atoms with Gasteiger partial charge in [-0.1, -0.05) is 0 Å². The monoisotopic (exact) mass is 265 g/mol. The van der Waals surface area contributed by atoms with Crippen molar-refractivity contribution in [1.29, 1.82) is 0 Å². The third-order valence-corrected chi connectivity index (χ3v) is 5.24. The van der Waals surface area contributed by atoms with E-state index in [-0.39, 0.29) is 6.04 Å². The van der Waals surface area contributed by atoms with Crippen molar-refractivity contribution in [1.82, 2.24) is 5.32 Å². The Bertz CT molecular complexity index is 352. The fourth-order valence-corrected chi connectivity index (χ4v) is 1.68. The van der Waals surface area contributed by atoms with E-state index in [4.69, 9.17) is 9.47 Å². The van der Waals surface area contributed by atoms with E-state index < -0.39 is 20.4 Å². The van der Waals surface area contributed by atoms with E-state index in [1.165, 1.54) is 6.26 Å². The fraction of sp³-hybridized carbons (Fsp3) is 1.00. The highest BCUT2D eigenvalue weighted by molar-refractivity contribution is 7.92. The standard InChI is InChI=1S/C11H23NO4S/c1-10(2,17(5,13)14)8-12-9-6-15-11(3,4)16-7-9/h9,12H,6-8H2,1-5H3. The highest BCUT2D eigenvalue weighted by Gasteiger charge is 2.33. The first-order chi connectivity index (χ1) is 7.54. The molecule has 1 rings (SSSR count). The van der Waals surface area contributed by atoms with E-state index >= 15 is 0 Å². The van der Waals surface area contributed by atoms with Crippen LogP contribution in [0.4, 0.5) is 0 Å². The fourth-order valence-electron chi connectivity index (χ4n) is 1.33. The first kappa shape index (κ1) is 14.9. The molecule has 17 heavy (non-hydrogen) atoms. The van der Waals surface area contributed by atoms with Crippen LogP contribution in [0.1, 0.15) is 27.7 Å². The van der Waals surface area contributed by atoms with Crippen molar-refractivity contribution in [3.05, 3.63) is 0 Å². The van der Waals surface area contributed by atoms with Gasteiger partial charge >= 0.3 is 0 Å². The van der Waals surface area contributed by atoms with Gasteiger partial charge in [0.25, 0.3) is 0 Å². The number of hydrogen-bond acceptors (Lipinski definition) is 5. The van der Waals surface area contributed by atoms with Crippen molar-refractivity contribution in [3.63, 3.8) is 0 Å². The van der Waals surface area contributed by atoms with Crippen molar-refractivity contribution in [3.8, 4) is 0 Å². The predicted octanol–water partition coefficient (Wildman–Crippen LogP) is 0.551. The SMILES string of the molecule is CC1(C)OCC(NCC(C)(C)S(C)(=O)=O)CO1. The lowest BCUT2D eigenvalue weighted by atomic mass is 10.2. The van der Waals surface area contributed by atoms with Crippen LogP contribution in [0.5, 0.6) is 0 Å². The summed E-state index contributed by atoms with van der Waals surface area (Å²) in [5, 5.41) is 3.18. The molecule has 0 aromatic carbocycles. The Morgan fingerprint density at radius 1 is 1.29 bits per heavy atom. The molecule has 0 spiro atoms. The summed E-state index contributed by atoms with van der Waals surface area (Å²) in [7, 11) is -3.07. The van der Waals surface area contributed by atoms with E-state index in [0.29, 0.717) is 19.8 Å². The van der Waals surface area contributed by atoms with Gasteiger partial charge in [0.1, 0.15) is 0 Å². The Labute approximate surface area is 104 Å². The Balaban J connectivity index is 2.43. The molecule has 0 saturated carbocycles. The molecule has 0 atom stereocenters. The van der Waals surface area contributed by atoms with Crippen molar-refractivity contribution >= 4 is 9.84 Å². The molecule has 0 bridgehead atoms. The molecule has 0 radical (unpaired) electrons. The molecule has 0 aromatic heterocycles. The highest BCUT2D eigenvalue weighted by Crippen LogP contribution is 2.18. The summed E-state index contributed by atoms with van der Waals surface area (Å²) in [6.45, 7) is 8.62. The Hall–Kier alpha value is -0.170. The van der Waals surface area contributed by atoms with Crippen LogP contribution in [0.3, 0.4) is 0 Å². The van der Waals surface area contributed by atoms with Crippen LogP contribution in [0.25, 0.3) is 0 Å². The van der Waals surface area contributed by atoms with Crippen LogP contribution in [0.2, 0.25) is 0 Å². The smallest absolute Gasteiger partial charge is 0.162 e. The van der Waals surface area contributed by atoms with E-state index in [2.05, 4.69) is 5.32 Å². The second kappa shape index (κ2) is 4.84. The summed E-state index contributed by atoms with van der Waals surface area (Å²) in [4.78, 5) is 0. The lowest BCUT2D eigenvalue weighted by Crippen LogP contribution is -2.52. The number of hydrogen-bond donors (Lipinski definition) is 1.